The molecule has 3 heterocycles. The van der Waals surface area contributed by atoms with Gasteiger partial charge in [-0.2, -0.15) is 16.1 Å². The smallest absolute Gasteiger partial charge is 0.287 e. The van der Waals surface area contributed by atoms with Crippen LogP contribution >= 0.6 is 23.1 Å². The van der Waals surface area contributed by atoms with E-state index < -0.39 is 27.9 Å². The van der Waals surface area contributed by atoms with Crippen LogP contribution in [0.15, 0.2) is 33.1 Å². The number of hydrogen-bond donors (Lipinski definition) is 2. The normalized spacial score (nSPS) is 16.4. The summed E-state index contributed by atoms with van der Waals surface area (Å²) in [7, 11) is -3.58. The number of thioether (sulfide) groups is 1. The van der Waals surface area contributed by atoms with E-state index in [9.17, 15) is 18.0 Å². The van der Waals surface area contributed by atoms with Crippen LogP contribution in [0.3, 0.4) is 0 Å². The van der Waals surface area contributed by atoms with Crippen molar-refractivity contribution in [3.63, 3.8) is 0 Å². The molecule has 8 nitrogen and oxygen atoms in total. The molecule has 0 spiro atoms. The van der Waals surface area contributed by atoms with Crippen LogP contribution in [-0.2, 0) is 14.8 Å². The lowest BCUT2D eigenvalue weighted by molar-refractivity contribution is -0.118. The molecule has 2 aromatic heterocycles. The molecule has 3 rings (SSSR count). The number of rotatable bonds is 7. The molecule has 1 aliphatic heterocycles. The fourth-order valence-electron chi connectivity index (χ4n) is 2.99. The second-order valence-electron chi connectivity index (χ2n) is 7.21. The fraction of sp³-hybridized carbons (Fsp3) is 0.474. The first kappa shape index (κ1) is 22.9. The van der Waals surface area contributed by atoms with Gasteiger partial charge in [-0.25, -0.2) is 8.42 Å². The van der Waals surface area contributed by atoms with E-state index in [-0.39, 0.29) is 15.9 Å². The summed E-state index contributed by atoms with van der Waals surface area (Å²) in [5.74, 6) is 0.591. The highest BCUT2D eigenvalue weighted by molar-refractivity contribution is 7.99. The molecule has 30 heavy (non-hydrogen) atoms. The Morgan fingerprint density at radius 2 is 1.93 bits per heavy atom. The van der Waals surface area contributed by atoms with Crippen molar-refractivity contribution in [3.8, 4) is 0 Å². The lowest BCUT2D eigenvalue weighted by Crippen LogP contribution is -2.47. The summed E-state index contributed by atoms with van der Waals surface area (Å²) in [6.07, 6.45) is 1.39. The van der Waals surface area contributed by atoms with E-state index in [0.29, 0.717) is 23.7 Å². The monoisotopic (exact) mass is 471 g/mol. The number of thiophene rings is 1. The molecule has 1 aliphatic rings. The minimum absolute atomic E-state index is 0.119. The Morgan fingerprint density at radius 1 is 1.23 bits per heavy atom. The second-order valence-corrected chi connectivity index (χ2v) is 11.9. The lowest BCUT2D eigenvalue weighted by atomic mass is 10.0. The third-order valence-electron chi connectivity index (χ3n) is 4.70. The third-order valence-corrected chi connectivity index (χ3v) is 9.04. The van der Waals surface area contributed by atoms with Gasteiger partial charge in [0, 0.05) is 29.5 Å². The Kier molecular flexibility index (Phi) is 7.27. The summed E-state index contributed by atoms with van der Waals surface area (Å²) < 4.78 is 32.6. The van der Waals surface area contributed by atoms with Gasteiger partial charge in [0.15, 0.2) is 5.76 Å². The van der Waals surface area contributed by atoms with E-state index in [1.165, 1.54) is 22.7 Å². The van der Waals surface area contributed by atoms with E-state index in [2.05, 4.69) is 10.6 Å². The van der Waals surface area contributed by atoms with Crippen LogP contribution in [0.2, 0.25) is 0 Å². The van der Waals surface area contributed by atoms with Crippen molar-refractivity contribution in [1.29, 1.82) is 0 Å². The van der Waals surface area contributed by atoms with E-state index >= 15 is 0 Å². The Balaban J connectivity index is 1.74. The highest BCUT2D eigenvalue weighted by Crippen LogP contribution is 2.32. The molecule has 0 aliphatic carbocycles. The molecule has 0 radical (unpaired) electrons. The number of hydrogen-bond acceptors (Lipinski definition) is 7. The molecule has 0 unspecified atom stereocenters. The minimum atomic E-state index is -3.58. The summed E-state index contributed by atoms with van der Waals surface area (Å²) >= 11 is 2.87. The maximum atomic E-state index is 12.9. The standard InChI is InChI=1S/C19H25N3O5S3/c1-12(2)17(21-18(23)15-5-4-8-27-15)19(24)20-14-11-16(29-13(14)3)30(25,26)22-6-9-28-10-7-22/h4-5,8,11-12,17H,6-7,9-10H2,1-3H3,(H,20,24)(H,21,23)/t17-/m0/s1. The zero-order chi connectivity index (χ0) is 21.9. The predicted molar refractivity (Wildman–Crippen MR) is 119 cm³/mol. The summed E-state index contributed by atoms with van der Waals surface area (Å²) in [5.41, 5.74) is 0.438. The molecule has 1 atom stereocenters. The lowest BCUT2D eigenvalue weighted by Gasteiger charge is -2.24. The second kappa shape index (κ2) is 9.54. The highest BCUT2D eigenvalue weighted by atomic mass is 32.2. The zero-order valence-corrected chi connectivity index (χ0v) is 19.5. The maximum Gasteiger partial charge on any atom is 0.287 e. The Morgan fingerprint density at radius 3 is 2.53 bits per heavy atom. The topological polar surface area (TPSA) is 109 Å². The quantitative estimate of drug-likeness (QED) is 0.643. The molecule has 11 heteroatoms. The van der Waals surface area contributed by atoms with Crippen molar-refractivity contribution >= 4 is 50.6 Å². The number of furan rings is 1. The van der Waals surface area contributed by atoms with Crippen molar-refractivity contribution in [2.75, 3.05) is 29.9 Å². The van der Waals surface area contributed by atoms with Gasteiger partial charge < -0.3 is 15.1 Å². The average Bonchev–Trinajstić information content (AvgIpc) is 3.37. The van der Waals surface area contributed by atoms with Gasteiger partial charge in [-0.05, 0) is 31.0 Å². The molecule has 0 aromatic carbocycles. The van der Waals surface area contributed by atoms with Crippen LogP contribution < -0.4 is 10.6 Å². The highest BCUT2D eigenvalue weighted by Gasteiger charge is 2.30. The van der Waals surface area contributed by atoms with Gasteiger partial charge >= 0.3 is 0 Å². The van der Waals surface area contributed by atoms with Gasteiger partial charge in [0.25, 0.3) is 15.9 Å². The summed E-state index contributed by atoms with van der Waals surface area (Å²) in [4.78, 5) is 25.8. The molecule has 1 saturated heterocycles. The molecule has 2 amide bonds. The van der Waals surface area contributed by atoms with Gasteiger partial charge in [-0.3, -0.25) is 9.59 Å². The number of anilines is 1. The van der Waals surface area contributed by atoms with Crippen molar-refractivity contribution in [2.45, 2.75) is 31.0 Å². The molecular formula is C19H25N3O5S3. The minimum Gasteiger partial charge on any atom is -0.459 e. The zero-order valence-electron chi connectivity index (χ0n) is 17.0. The van der Waals surface area contributed by atoms with E-state index in [1.807, 2.05) is 13.8 Å². The van der Waals surface area contributed by atoms with Crippen molar-refractivity contribution in [2.24, 2.45) is 5.92 Å². The van der Waals surface area contributed by atoms with E-state index in [4.69, 9.17) is 4.42 Å². The third kappa shape index (κ3) is 5.08. The number of amides is 2. The largest absolute Gasteiger partial charge is 0.459 e. The van der Waals surface area contributed by atoms with E-state index in [0.717, 1.165) is 22.8 Å². The first-order valence-electron chi connectivity index (χ1n) is 9.53. The molecule has 1 fully saturated rings. The Hall–Kier alpha value is -1.82. The SMILES string of the molecule is Cc1sc(S(=O)(=O)N2CCSCC2)cc1NC(=O)[C@@H](NC(=O)c1ccco1)C(C)C. The average molecular weight is 472 g/mol. The molecule has 0 saturated carbocycles. The molecule has 164 valence electrons. The number of carbonyl (C=O) groups is 2. The number of aryl methyl sites for hydroxylation is 1. The van der Waals surface area contributed by atoms with Gasteiger partial charge in [-0.15, -0.1) is 11.3 Å². The van der Waals surface area contributed by atoms with Crippen LogP contribution in [0.5, 0.6) is 0 Å². The fourth-order valence-corrected chi connectivity index (χ4v) is 7.12. The van der Waals surface area contributed by atoms with Gasteiger partial charge in [-0.1, -0.05) is 13.8 Å². The predicted octanol–water partition coefficient (Wildman–Crippen LogP) is 2.78. The molecular weight excluding hydrogens is 446 g/mol. The molecule has 2 aromatic rings. The van der Waals surface area contributed by atoms with Gasteiger partial charge in [0.2, 0.25) is 5.91 Å². The summed E-state index contributed by atoms with van der Waals surface area (Å²) in [6, 6.07) is 3.81. The van der Waals surface area contributed by atoms with Crippen molar-refractivity contribution in [3.05, 3.63) is 35.1 Å². The van der Waals surface area contributed by atoms with Crippen LogP contribution in [-0.4, -0.2) is 55.2 Å². The van der Waals surface area contributed by atoms with Crippen LogP contribution in [0.1, 0.15) is 29.3 Å². The first-order chi connectivity index (χ1) is 14.2. The van der Waals surface area contributed by atoms with Crippen molar-refractivity contribution < 1.29 is 22.4 Å². The summed E-state index contributed by atoms with van der Waals surface area (Å²) in [5, 5.41) is 5.45. The van der Waals surface area contributed by atoms with E-state index in [1.54, 1.807) is 24.8 Å². The summed E-state index contributed by atoms with van der Waals surface area (Å²) in [6.45, 7) is 6.37. The number of carbonyl (C=O) groups excluding carboxylic acids is 2. The van der Waals surface area contributed by atoms with Crippen molar-refractivity contribution in [1.82, 2.24) is 9.62 Å². The van der Waals surface area contributed by atoms with Crippen LogP contribution in [0.4, 0.5) is 5.69 Å². The van der Waals surface area contributed by atoms with Gasteiger partial charge in [0.1, 0.15) is 10.3 Å². The van der Waals surface area contributed by atoms with Crippen LogP contribution in [0.25, 0.3) is 0 Å². The number of nitrogens with zero attached hydrogens (tertiary/aromatic N) is 1. The maximum absolute atomic E-state index is 12.9. The van der Waals surface area contributed by atoms with Gasteiger partial charge in [0.05, 0.1) is 12.0 Å². The number of sulfonamides is 1. The molecule has 0 bridgehead atoms. The first-order valence-corrected chi connectivity index (χ1v) is 12.9. The van der Waals surface area contributed by atoms with Crippen LogP contribution in [0, 0.1) is 12.8 Å². The number of nitrogens with one attached hydrogen (secondary N) is 2. The Labute approximate surface area is 184 Å². The molecule has 2 N–H and O–H groups in total. The Bertz CT molecular complexity index is 993.